The number of rotatable bonds is 6. The molecule has 0 aromatic carbocycles. The number of carbonyl (C=O) groups is 1. The Morgan fingerprint density at radius 2 is 2.07 bits per heavy atom. The summed E-state index contributed by atoms with van der Waals surface area (Å²) in [6, 6.07) is -0.162. The van der Waals surface area contributed by atoms with Crippen molar-refractivity contribution in [1.82, 2.24) is 5.32 Å². The molecule has 84 valence electrons. The maximum Gasteiger partial charge on any atom is 0.221 e. The molecule has 5 nitrogen and oxygen atoms in total. The van der Waals surface area contributed by atoms with E-state index in [1.165, 1.54) is 6.26 Å². The molecule has 0 saturated heterocycles. The van der Waals surface area contributed by atoms with Gasteiger partial charge in [0, 0.05) is 25.3 Å². The predicted octanol–water partition coefficient (Wildman–Crippen LogP) is -0.725. The first-order valence-electron chi connectivity index (χ1n) is 4.51. The number of hydrogen-bond donors (Lipinski definition) is 2. The van der Waals surface area contributed by atoms with Crippen LogP contribution in [0.25, 0.3) is 0 Å². The number of carbonyl (C=O) groups excluding carboxylic acids is 1. The van der Waals surface area contributed by atoms with Crippen molar-refractivity contribution < 1.29 is 13.2 Å². The Kier molecular flexibility index (Phi) is 5.71. The van der Waals surface area contributed by atoms with Crippen molar-refractivity contribution in [2.45, 2.75) is 25.8 Å². The second kappa shape index (κ2) is 5.98. The Hall–Kier alpha value is -0.620. The average molecular weight is 222 g/mol. The van der Waals surface area contributed by atoms with Gasteiger partial charge in [-0.15, -0.1) is 0 Å². The SMILES string of the molecule is CC(N)CC(=O)NCCCS(C)(=O)=O. The highest BCUT2D eigenvalue weighted by Crippen LogP contribution is 1.89. The standard InChI is InChI=1S/C8H18N2O3S/c1-7(9)6-8(11)10-4-3-5-14(2,12)13/h7H,3-6,9H2,1-2H3,(H,10,11). The molecule has 3 N–H and O–H groups in total. The first-order chi connectivity index (χ1) is 6.31. The molecule has 0 saturated carbocycles. The van der Waals surface area contributed by atoms with Gasteiger partial charge in [-0.3, -0.25) is 4.79 Å². The molecule has 0 aromatic heterocycles. The van der Waals surface area contributed by atoms with Crippen LogP contribution in [0.2, 0.25) is 0 Å². The molecular weight excluding hydrogens is 204 g/mol. The van der Waals surface area contributed by atoms with Crippen LogP contribution in [0, 0.1) is 0 Å². The highest BCUT2D eigenvalue weighted by molar-refractivity contribution is 7.90. The van der Waals surface area contributed by atoms with Crippen molar-refractivity contribution in [1.29, 1.82) is 0 Å². The van der Waals surface area contributed by atoms with E-state index in [9.17, 15) is 13.2 Å². The molecule has 0 aliphatic heterocycles. The van der Waals surface area contributed by atoms with E-state index >= 15 is 0 Å². The fourth-order valence-electron chi connectivity index (χ4n) is 0.927. The van der Waals surface area contributed by atoms with E-state index in [2.05, 4.69) is 5.32 Å². The van der Waals surface area contributed by atoms with Crippen LogP contribution in [0.4, 0.5) is 0 Å². The molecule has 0 heterocycles. The zero-order chi connectivity index (χ0) is 11.2. The zero-order valence-corrected chi connectivity index (χ0v) is 9.43. The van der Waals surface area contributed by atoms with Crippen molar-refractivity contribution in [2.75, 3.05) is 18.6 Å². The lowest BCUT2D eigenvalue weighted by Crippen LogP contribution is -2.31. The average Bonchev–Trinajstić information content (AvgIpc) is 1.95. The quantitative estimate of drug-likeness (QED) is 0.580. The van der Waals surface area contributed by atoms with Crippen LogP contribution in [0.3, 0.4) is 0 Å². The van der Waals surface area contributed by atoms with Gasteiger partial charge in [0.25, 0.3) is 0 Å². The van der Waals surface area contributed by atoms with Crippen molar-refractivity contribution >= 4 is 15.7 Å². The first-order valence-corrected chi connectivity index (χ1v) is 6.57. The van der Waals surface area contributed by atoms with E-state index in [4.69, 9.17) is 5.73 Å². The van der Waals surface area contributed by atoms with E-state index in [0.717, 1.165) is 0 Å². The topological polar surface area (TPSA) is 89.3 Å². The Balaban J connectivity index is 3.51. The number of nitrogens with two attached hydrogens (primary N) is 1. The van der Waals surface area contributed by atoms with Crippen LogP contribution < -0.4 is 11.1 Å². The van der Waals surface area contributed by atoms with Crippen molar-refractivity contribution in [3.63, 3.8) is 0 Å². The first kappa shape index (κ1) is 13.4. The number of sulfone groups is 1. The summed E-state index contributed by atoms with van der Waals surface area (Å²) < 4.78 is 21.4. The van der Waals surface area contributed by atoms with Gasteiger partial charge in [0.2, 0.25) is 5.91 Å². The van der Waals surface area contributed by atoms with Gasteiger partial charge in [-0.1, -0.05) is 0 Å². The maximum absolute atomic E-state index is 11.0. The molecule has 0 radical (unpaired) electrons. The van der Waals surface area contributed by atoms with Crippen molar-refractivity contribution in [3.05, 3.63) is 0 Å². The number of hydrogen-bond acceptors (Lipinski definition) is 4. The monoisotopic (exact) mass is 222 g/mol. The lowest BCUT2D eigenvalue weighted by atomic mass is 10.2. The van der Waals surface area contributed by atoms with Crippen LogP contribution >= 0.6 is 0 Å². The maximum atomic E-state index is 11.0. The second-order valence-corrected chi connectivity index (χ2v) is 5.77. The summed E-state index contributed by atoms with van der Waals surface area (Å²) in [6.45, 7) is 2.13. The molecule has 0 aliphatic carbocycles. The molecule has 1 atom stereocenters. The third-order valence-corrected chi connectivity index (χ3v) is 2.55. The van der Waals surface area contributed by atoms with E-state index in [1.54, 1.807) is 6.92 Å². The molecule has 0 rings (SSSR count). The van der Waals surface area contributed by atoms with Crippen LogP contribution in [0.1, 0.15) is 19.8 Å². The highest BCUT2D eigenvalue weighted by atomic mass is 32.2. The van der Waals surface area contributed by atoms with E-state index < -0.39 is 9.84 Å². The van der Waals surface area contributed by atoms with Gasteiger partial charge >= 0.3 is 0 Å². The summed E-state index contributed by atoms with van der Waals surface area (Å²) >= 11 is 0. The third kappa shape index (κ3) is 9.47. The molecule has 6 heteroatoms. The Bertz CT molecular complexity index is 272. The molecule has 0 aliphatic rings. The summed E-state index contributed by atoms with van der Waals surface area (Å²) in [5.41, 5.74) is 5.41. The Labute approximate surface area is 85.0 Å². The molecule has 14 heavy (non-hydrogen) atoms. The molecular formula is C8H18N2O3S. The van der Waals surface area contributed by atoms with Gasteiger partial charge < -0.3 is 11.1 Å². The minimum Gasteiger partial charge on any atom is -0.356 e. The zero-order valence-electron chi connectivity index (χ0n) is 8.62. The second-order valence-electron chi connectivity index (χ2n) is 3.51. The lowest BCUT2D eigenvalue weighted by Gasteiger charge is -2.06. The van der Waals surface area contributed by atoms with Gasteiger partial charge in [0.15, 0.2) is 0 Å². The van der Waals surface area contributed by atoms with Crippen LogP contribution in [0.5, 0.6) is 0 Å². The summed E-state index contributed by atoms with van der Waals surface area (Å²) in [6.07, 6.45) is 1.90. The molecule has 0 spiro atoms. The fraction of sp³-hybridized carbons (Fsp3) is 0.875. The summed E-state index contributed by atoms with van der Waals surface area (Å²) in [4.78, 5) is 11.0. The highest BCUT2D eigenvalue weighted by Gasteiger charge is 2.05. The third-order valence-electron chi connectivity index (χ3n) is 1.52. The van der Waals surface area contributed by atoms with Crippen molar-refractivity contribution in [2.24, 2.45) is 5.73 Å². The van der Waals surface area contributed by atoms with E-state index in [-0.39, 0.29) is 24.1 Å². The summed E-state index contributed by atoms with van der Waals surface area (Å²) in [5, 5.41) is 2.60. The molecule has 0 fully saturated rings. The Morgan fingerprint density at radius 1 is 1.50 bits per heavy atom. The summed E-state index contributed by atoms with van der Waals surface area (Å²) in [5.74, 6) is -0.0284. The van der Waals surface area contributed by atoms with Crippen LogP contribution in [-0.4, -0.2) is 38.9 Å². The number of nitrogens with one attached hydrogen (secondary N) is 1. The van der Waals surface area contributed by atoms with Gasteiger partial charge in [-0.2, -0.15) is 0 Å². The minimum atomic E-state index is -2.92. The minimum absolute atomic E-state index is 0.103. The van der Waals surface area contributed by atoms with Crippen LogP contribution in [-0.2, 0) is 14.6 Å². The van der Waals surface area contributed by atoms with Gasteiger partial charge in [-0.05, 0) is 13.3 Å². The largest absolute Gasteiger partial charge is 0.356 e. The fourth-order valence-corrected chi connectivity index (χ4v) is 1.60. The molecule has 1 unspecified atom stereocenters. The number of amides is 1. The van der Waals surface area contributed by atoms with Crippen molar-refractivity contribution in [3.8, 4) is 0 Å². The summed E-state index contributed by atoms with van der Waals surface area (Å²) in [7, 11) is -2.92. The molecule has 0 bridgehead atoms. The molecule has 0 aromatic rings. The normalized spacial score (nSPS) is 13.6. The van der Waals surface area contributed by atoms with Crippen LogP contribution in [0.15, 0.2) is 0 Å². The van der Waals surface area contributed by atoms with Gasteiger partial charge in [-0.25, -0.2) is 8.42 Å². The van der Waals surface area contributed by atoms with Gasteiger partial charge in [0.1, 0.15) is 9.84 Å². The van der Waals surface area contributed by atoms with E-state index in [0.29, 0.717) is 13.0 Å². The Morgan fingerprint density at radius 3 is 2.50 bits per heavy atom. The lowest BCUT2D eigenvalue weighted by molar-refractivity contribution is -0.121. The predicted molar refractivity (Wildman–Crippen MR) is 55.6 cm³/mol. The smallest absolute Gasteiger partial charge is 0.221 e. The van der Waals surface area contributed by atoms with E-state index in [1.807, 2.05) is 0 Å². The molecule has 1 amide bonds. The van der Waals surface area contributed by atoms with Gasteiger partial charge in [0.05, 0.1) is 5.75 Å².